The lowest BCUT2D eigenvalue weighted by Crippen LogP contribution is -2.14. The molecule has 0 unspecified atom stereocenters. The van der Waals surface area contributed by atoms with Crippen molar-refractivity contribution in [2.24, 2.45) is 0 Å². The number of hydrogen-bond acceptors (Lipinski definition) is 7. The molecule has 0 saturated heterocycles. The van der Waals surface area contributed by atoms with Gasteiger partial charge in [0.15, 0.2) is 5.16 Å². The lowest BCUT2D eigenvalue weighted by atomic mass is 10.3. The largest absolute Gasteiger partial charge is 0.497 e. The van der Waals surface area contributed by atoms with E-state index < -0.39 is 0 Å². The number of hydrogen-bond donors (Lipinski definition) is 2. The maximum atomic E-state index is 12.0. The fourth-order valence-corrected chi connectivity index (χ4v) is 3.05. The molecule has 0 atom stereocenters. The van der Waals surface area contributed by atoms with Gasteiger partial charge in [-0.3, -0.25) is 9.36 Å². The minimum Gasteiger partial charge on any atom is -0.497 e. The van der Waals surface area contributed by atoms with Crippen LogP contribution in [0.3, 0.4) is 0 Å². The highest BCUT2D eigenvalue weighted by Gasteiger charge is 2.14. The second-order valence-corrected chi connectivity index (χ2v) is 6.06. The number of fused-ring (bicyclic) bond motifs is 1. The van der Waals surface area contributed by atoms with Crippen LogP contribution in [0.2, 0.25) is 0 Å². The number of thioether (sulfide) groups is 1. The third-order valence-electron chi connectivity index (χ3n) is 3.20. The van der Waals surface area contributed by atoms with Gasteiger partial charge in [0.1, 0.15) is 5.75 Å². The highest BCUT2D eigenvalue weighted by Crippen LogP contribution is 2.19. The highest BCUT2D eigenvalue weighted by atomic mass is 32.2. The molecule has 0 bridgehead atoms. The molecule has 23 heavy (non-hydrogen) atoms. The third-order valence-corrected chi connectivity index (χ3v) is 4.36. The Labute approximate surface area is 142 Å². The number of benzene rings is 1. The molecule has 7 nitrogen and oxygen atoms in total. The first kappa shape index (κ1) is 15.8. The standard InChI is InChI=1S/C14H15N5O2S2/c1-21-10-4-2-9(3-5-10)16-11(20)8-23-13-17-12-15-6-7-19(12)14(22)18-13/h2-5H,6-8H2,1H3,(H,16,20)(H,15,17,18,22). The molecule has 0 aliphatic carbocycles. The van der Waals surface area contributed by atoms with E-state index in [4.69, 9.17) is 17.0 Å². The Hall–Kier alpha value is -2.13. The summed E-state index contributed by atoms with van der Waals surface area (Å²) in [4.78, 5) is 20.6. The Bertz CT molecular complexity index is 776. The molecule has 1 aliphatic rings. The predicted octanol–water partition coefficient (Wildman–Crippen LogP) is 2.17. The number of ether oxygens (including phenoxy) is 1. The van der Waals surface area contributed by atoms with Crippen molar-refractivity contribution in [3.05, 3.63) is 29.0 Å². The molecule has 1 aromatic heterocycles. The summed E-state index contributed by atoms with van der Waals surface area (Å²) in [5.74, 6) is 1.54. The van der Waals surface area contributed by atoms with Crippen molar-refractivity contribution in [2.45, 2.75) is 11.7 Å². The fourth-order valence-electron chi connectivity index (χ4n) is 2.09. The molecule has 2 heterocycles. The van der Waals surface area contributed by atoms with Crippen molar-refractivity contribution < 1.29 is 9.53 Å². The number of rotatable bonds is 5. The maximum absolute atomic E-state index is 12.0. The number of nitrogens with zero attached hydrogens (tertiary/aromatic N) is 3. The lowest BCUT2D eigenvalue weighted by Gasteiger charge is -2.07. The van der Waals surface area contributed by atoms with Gasteiger partial charge in [-0.25, -0.2) is 0 Å². The number of amides is 1. The van der Waals surface area contributed by atoms with Crippen LogP contribution in [0.1, 0.15) is 0 Å². The van der Waals surface area contributed by atoms with Crippen LogP contribution in [0.15, 0.2) is 29.4 Å². The molecule has 0 saturated carbocycles. The van der Waals surface area contributed by atoms with Crippen molar-refractivity contribution >= 4 is 41.5 Å². The predicted molar refractivity (Wildman–Crippen MR) is 91.7 cm³/mol. The van der Waals surface area contributed by atoms with Gasteiger partial charge in [0.05, 0.1) is 12.9 Å². The van der Waals surface area contributed by atoms with Crippen molar-refractivity contribution in [1.29, 1.82) is 0 Å². The van der Waals surface area contributed by atoms with E-state index >= 15 is 0 Å². The molecule has 120 valence electrons. The summed E-state index contributed by atoms with van der Waals surface area (Å²) < 4.78 is 7.40. The van der Waals surface area contributed by atoms with Crippen molar-refractivity contribution in [2.75, 3.05) is 30.0 Å². The van der Waals surface area contributed by atoms with E-state index in [0.29, 0.717) is 21.6 Å². The van der Waals surface area contributed by atoms with Crippen molar-refractivity contribution in [3.8, 4) is 5.75 Å². The third kappa shape index (κ3) is 3.80. The van der Waals surface area contributed by atoms with E-state index in [-0.39, 0.29) is 11.7 Å². The van der Waals surface area contributed by atoms with Gasteiger partial charge < -0.3 is 15.4 Å². The number of carbonyl (C=O) groups excluding carboxylic acids is 1. The number of carbonyl (C=O) groups is 1. The first-order valence-corrected chi connectivity index (χ1v) is 8.34. The van der Waals surface area contributed by atoms with Gasteiger partial charge in [-0.1, -0.05) is 11.8 Å². The summed E-state index contributed by atoms with van der Waals surface area (Å²) in [6, 6.07) is 7.15. The van der Waals surface area contributed by atoms with Crippen LogP contribution in [0.25, 0.3) is 0 Å². The Morgan fingerprint density at radius 1 is 1.43 bits per heavy atom. The topological polar surface area (TPSA) is 81.1 Å². The zero-order valence-electron chi connectivity index (χ0n) is 12.4. The minimum absolute atomic E-state index is 0.129. The van der Waals surface area contributed by atoms with Crippen LogP contribution >= 0.6 is 24.0 Å². The second-order valence-electron chi connectivity index (χ2n) is 4.76. The Kier molecular flexibility index (Phi) is 4.77. The molecule has 1 aliphatic heterocycles. The van der Waals surface area contributed by atoms with Crippen LogP contribution in [0.5, 0.6) is 5.75 Å². The first-order valence-electron chi connectivity index (χ1n) is 6.95. The molecule has 3 rings (SSSR count). The summed E-state index contributed by atoms with van der Waals surface area (Å²) in [7, 11) is 1.60. The first-order chi connectivity index (χ1) is 11.2. The molecule has 2 N–H and O–H groups in total. The van der Waals surface area contributed by atoms with Crippen molar-refractivity contribution in [1.82, 2.24) is 14.5 Å². The SMILES string of the molecule is COc1ccc(NC(=O)CSc2nc3n(c(=S)n2)CCN3)cc1. The van der Waals surface area contributed by atoms with Gasteiger partial charge in [-0.15, -0.1) is 0 Å². The lowest BCUT2D eigenvalue weighted by molar-refractivity contribution is -0.113. The smallest absolute Gasteiger partial charge is 0.234 e. The molecule has 1 amide bonds. The Morgan fingerprint density at radius 3 is 2.96 bits per heavy atom. The molecule has 0 radical (unpaired) electrons. The van der Waals surface area contributed by atoms with E-state index in [2.05, 4.69) is 20.6 Å². The van der Waals surface area contributed by atoms with Crippen LogP contribution in [0, 0.1) is 4.77 Å². The van der Waals surface area contributed by atoms with E-state index in [1.807, 2.05) is 4.57 Å². The van der Waals surface area contributed by atoms with Gasteiger partial charge in [0.25, 0.3) is 0 Å². The minimum atomic E-state index is -0.129. The molecule has 2 aromatic rings. The zero-order chi connectivity index (χ0) is 16.2. The van der Waals surface area contributed by atoms with E-state index in [1.54, 1.807) is 31.4 Å². The van der Waals surface area contributed by atoms with Crippen molar-refractivity contribution in [3.63, 3.8) is 0 Å². The Balaban J connectivity index is 1.58. The molecule has 9 heteroatoms. The van der Waals surface area contributed by atoms with Crippen LogP contribution in [0.4, 0.5) is 11.6 Å². The highest BCUT2D eigenvalue weighted by molar-refractivity contribution is 7.99. The molecule has 1 aromatic carbocycles. The summed E-state index contributed by atoms with van der Waals surface area (Å²) in [6.07, 6.45) is 0. The number of nitrogens with one attached hydrogen (secondary N) is 2. The fraction of sp³-hybridized carbons (Fsp3) is 0.286. The summed E-state index contributed by atoms with van der Waals surface area (Å²) in [5, 5.41) is 6.45. The Morgan fingerprint density at radius 2 is 2.22 bits per heavy atom. The van der Waals surface area contributed by atoms with Gasteiger partial charge >= 0.3 is 0 Å². The zero-order valence-corrected chi connectivity index (χ0v) is 14.0. The summed E-state index contributed by atoms with van der Waals surface area (Å²) >= 11 is 6.48. The average Bonchev–Trinajstić information content (AvgIpc) is 3.03. The summed E-state index contributed by atoms with van der Waals surface area (Å²) in [5.41, 5.74) is 0.715. The van der Waals surface area contributed by atoms with Gasteiger partial charge in [0.2, 0.25) is 16.6 Å². The van der Waals surface area contributed by atoms with Gasteiger partial charge in [-0.05, 0) is 36.5 Å². The van der Waals surface area contributed by atoms with Crippen LogP contribution in [-0.4, -0.2) is 39.8 Å². The normalized spacial score (nSPS) is 12.4. The molecular weight excluding hydrogens is 334 g/mol. The van der Waals surface area contributed by atoms with Gasteiger partial charge in [0, 0.05) is 18.8 Å². The number of aromatic nitrogens is 3. The van der Waals surface area contributed by atoms with Crippen LogP contribution in [-0.2, 0) is 11.3 Å². The van der Waals surface area contributed by atoms with E-state index in [1.165, 1.54) is 11.8 Å². The quantitative estimate of drug-likeness (QED) is 0.632. The van der Waals surface area contributed by atoms with Crippen LogP contribution < -0.4 is 15.4 Å². The number of methoxy groups -OCH3 is 1. The van der Waals surface area contributed by atoms with E-state index in [9.17, 15) is 4.79 Å². The molecule has 0 fully saturated rings. The van der Waals surface area contributed by atoms with Gasteiger partial charge in [-0.2, -0.15) is 9.97 Å². The second kappa shape index (κ2) is 6.97. The maximum Gasteiger partial charge on any atom is 0.234 e. The monoisotopic (exact) mass is 349 g/mol. The molecule has 0 spiro atoms. The number of anilines is 2. The average molecular weight is 349 g/mol. The summed E-state index contributed by atoms with van der Waals surface area (Å²) in [6.45, 7) is 1.57. The molecular formula is C14H15N5O2S2. The van der Waals surface area contributed by atoms with E-state index in [0.717, 1.165) is 18.8 Å².